The molecule has 1 atom stereocenters. The van der Waals surface area contributed by atoms with Crippen molar-refractivity contribution in [3.8, 4) is 5.75 Å². The van der Waals surface area contributed by atoms with Crippen LogP contribution in [0.25, 0.3) is 0 Å². The van der Waals surface area contributed by atoms with E-state index in [2.05, 4.69) is 5.32 Å². The highest BCUT2D eigenvalue weighted by Crippen LogP contribution is 2.16. The van der Waals surface area contributed by atoms with E-state index in [4.69, 9.17) is 16.3 Å². The highest BCUT2D eigenvalue weighted by atomic mass is 35.5. The van der Waals surface area contributed by atoms with E-state index in [-0.39, 0.29) is 5.91 Å². The SMILES string of the molecule is CCCNC(=O)[C@H](C)Oc1ccc(Cl)cc1. The molecule has 0 radical (unpaired) electrons. The Hall–Kier alpha value is -1.22. The second kappa shape index (κ2) is 6.38. The molecule has 0 heterocycles. The smallest absolute Gasteiger partial charge is 0.260 e. The van der Waals surface area contributed by atoms with Gasteiger partial charge in [0.15, 0.2) is 6.10 Å². The van der Waals surface area contributed by atoms with Gasteiger partial charge in [0.2, 0.25) is 0 Å². The van der Waals surface area contributed by atoms with Crippen LogP contribution in [0.15, 0.2) is 24.3 Å². The summed E-state index contributed by atoms with van der Waals surface area (Å²) in [6.07, 6.45) is 0.423. The molecular weight excluding hydrogens is 226 g/mol. The molecule has 0 aliphatic carbocycles. The molecule has 0 saturated carbocycles. The standard InChI is InChI=1S/C12H16ClNO2/c1-3-8-14-12(15)9(2)16-11-6-4-10(13)5-7-11/h4-7,9H,3,8H2,1-2H3,(H,14,15)/t9-/m0/s1. The molecule has 16 heavy (non-hydrogen) atoms. The molecular formula is C12H16ClNO2. The first-order valence-corrected chi connectivity index (χ1v) is 5.71. The van der Waals surface area contributed by atoms with Crippen LogP contribution in [0.3, 0.4) is 0 Å². The number of halogens is 1. The molecule has 1 aromatic rings. The van der Waals surface area contributed by atoms with Gasteiger partial charge in [0, 0.05) is 11.6 Å². The van der Waals surface area contributed by atoms with Gasteiger partial charge in [-0.3, -0.25) is 4.79 Å². The van der Waals surface area contributed by atoms with Crippen molar-refractivity contribution in [1.29, 1.82) is 0 Å². The van der Waals surface area contributed by atoms with E-state index in [1.54, 1.807) is 31.2 Å². The zero-order valence-electron chi connectivity index (χ0n) is 9.50. The number of ether oxygens (including phenoxy) is 1. The van der Waals surface area contributed by atoms with Gasteiger partial charge in [0.05, 0.1) is 0 Å². The Bertz CT molecular complexity index is 337. The van der Waals surface area contributed by atoms with Gasteiger partial charge in [-0.2, -0.15) is 0 Å². The van der Waals surface area contributed by atoms with E-state index in [0.717, 1.165) is 6.42 Å². The van der Waals surface area contributed by atoms with Crippen LogP contribution in [0, 0.1) is 0 Å². The summed E-state index contributed by atoms with van der Waals surface area (Å²) in [6.45, 7) is 4.40. The number of rotatable bonds is 5. The van der Waals surface area contributed by atoms with Crippen molar-refractivity contribution in [2.45, 2.75) is 26.4 Å². The first-order valence-electron chi connectivity index (χ1n) is 5.33. The summed E-state index contributed by atoms with van der Waals surface area (Å²) in [4.78, 5) is 11.5. The molecule has 4 heteroatoms. The Labute approximate surface area is 101 Å². The minimum absolute atomic E-state index is 0.100. The van der Waals surface area contributed by atoms with Gasteiger partial charge in [0.25, 0.3) is 5.91 Å². The fourth-order valence-electron chi connectivity index (χ4n) is 1.16. The second-order valence-electron chi connectivity index (χ2n) is 3.51. The molecule has 0 fully saturated rings. The molecule has 3 nitrogen and oxygen atoms in total. The van der Waals surface area contributed by atoms with Crippen molar-refractivity contribution in [2.75, 3.05) is 6.54 Å². The predicted octanol–water partition coefficient (Wildman–Crippen LogP) is 2.63. The van der Waals surface area contributed by atoms with Gasteiger partial charge >= 0.3 is 0 Å². The van der Waals surface area contributed by atoms with Gasteiger partial charge in [-0.1, -0.05) is 18.5 Å². The molecule has 1 rings (SSSR count). The summed E-state index contributed by atoms with van der Waals surface area (Å²) >= 11 is 5.74. The summed E-state index contributed by atoms with van der Waals surface area (Å²) in [5, 5.41) is 3.42. The lowest BCUT2D eigenvalue weighted by Gasteiger charge is -2.14. The van der Waals surface area contributed by atoms with E-state index in [0.29, 0.717) is 17.3 Å². The summed E-state index contributed by atoms with van der Waals surface area (Å²) in [7, 11) is 0. The third kappa shape index (κ3) is 4.11. The number of carbonyl (C=O) groups excluding carboxylic acids is 1. The number of hydrogen-bond acceptors (Lipinski definition) is 2. The first kappa shape index (κ1) is 12.8. The number of benzene rings is 1. The molecule has 0 bridgehead atoms. The van der Waals surface area contributed by atoms with E-state index >= 15 is 0 Å². The zero-order chi connectivity index (χ0) is 12.0. The highest BCUT2D eigenvalue weighted by molar-refractivity contribution is 6.30. The van der Waals surface area contributed by atoms with Crippen molar-refractivity contribution in [2.24, 2.45) is 0 Å². The Kier molecular flexibility index (Phi) is 5.12. The van der Waals surface area contributed by atoms with E-state index in [1.165, 1.54) is 0 Å². The zero-order valence-corrected chi connectivity index (χ0v) is 10.3. The van der Waals surface area contributed by atoms with Crippen molar-refractivity contribution < 1.29 is 9.53 Å². The van der Waals surface area contributed by atoms with Gasteiger partial charge in [0.1, 0.15) is 5.75 Å². The molecule has 0 unspecified atom stereocenters. The van der Waals surface area contributed by atoms with E-state index < -0.39 is 6.10 Å². The summed E-state index contributed by atoms with van der Waals surface area (Å²) < 4.78 is 5.46. The molecule has 1 aromatic carbocycles. The Morgan fingerprint density at radius 2 is 2.06 bits per heavy atom. The maximum Gasteiger partial charge on any atom is 0.260 e. The van der Waals surface area contributed by atoms with Crippen LogP contribution in [-0.2, 0) is 4.79 Å². The summed E-state index contributed by atoms with van der Waals surface area (Å²) in [5.74, 6) is 0.542. The van der Waals surface area contributed by atoms with E-state index in [1.807, 2.05) is 6.92 Å². The molecule has 0 aliphatic rings. The van der Waals surface area contributed by atoms with Crippen molar-refractivity contribution in [3.63, 3.8) is 0 Å². The van der Waals surface area contributed by atoms with Crippen molar-refractivity contribution >= 4 is 17.5 Å². The second-order valence-corrected chi connectivity index (χ2v) is 3.94. The van der Waals surface area contributed by atoms with Crippen LogP contribution in [-0.4, -0.2) is 18.6 Å². The normalized spacial score (nSPS) is 11.9. The molecule has 0 aromatic heterocycles. The van der Waals surface area contributed by atoms with Crippen LogP contribution in [0.2, 0.25) is 5.02 Å². The third-order valence-electron chi connectivity index (χ3n) is 2.04. The minimum atomic E-state index is -0.493. The highest BCUT2D eigenvalue weighted by Gasteiger charge is 2.13. The molecule has 0 saturated heterocycles. The largest absolute Gasteiger partial charge is 0.481 e. The maximum atomic E-state index is 11.5. The van der Waals surface area contributed by atoms with Gasteiger partial charge < -0.3 is 10.1 Å². The van der Waals surface area contributed by atoms with Crippen molar-refractivity contribution in [1.82, 2.24) is 5.32 Å². The van der Waals surface area contributed by atoms with Gasteiger partial charge in [-0.15, -0.1) is 0 Å². The quantitative estimate of drug-likeness (QED) is 0.861. The Morgan fingerprint density at radius 3 is 2.62 bits per heavy atom. The van der Waals surface area contributed by atoms with Crippen LogP contribution >= 0.6 is 11.6 Å². The third-order valence-corrected chi connectivity index (χ3v) is 2.30. The topological polar surface area (TPSA) is 38.3 Å². The number of nitrogens with one attached hydrogen (secondary N) is 1. The average molecular weight is 242 g/mol. The maximum absolute atomic E-state index is 11.5. The van der Waals surface area contributed by atoms with Gasteiger partial charge in [-0.05, 0) is 37.6 Å². The summed E-state index contributed by atoms with van der Waals surface area (Å²) in [6, 6.07) is 6.94. The van der Waals surface area contributed by atoms with Crippen LogP contribution in [0.1, 0.15) is 20.3 Å². The number of amides is 1. The average Bonchev–Trinajstić information content (AvgIpc) is 2.29. The molecule has 0 spiro atoms. The first-order chi connectivity index (χ1) is 7.63. The lowest BCUT2D eigenvalue weighted by Crippen LogP contribution is -2.36. The van der Waals surface area contributed by atoms with Crippen LogP contribution < -0.4 is 10.1 Å². The number of hydrogen-bond donors (Lipinski definition) is 1. The molecule has 1 amide bonds. The molecule has 0 aliphatic heterocycles. The summed E-state index contributed by atoms with van der Waals surface area (Å²) in [5.41, 5.74) is 0. The fourth-order valence-corrected chi connectivity index (χ4v) is 1.29. The van der Waals surface area contributed by atoms with E-state index in [9.17, 15) is 4.79 Å². The molecule has 1 N–H and O–H groups in total. The van der Waals surface area contributed by atoms with Crippen molar-refractivity contribution in [3.05, 3.63) is 29.3 Å². The predicted molar refractivity (Wildman–Crippen MR) is 64.8 cm³/mol. The fraction of sp³-hybridized carbons (Fsp3) is 0.417. The molecule has 88 valence electrons. The van der Waals surface area contributed by atoms with Gasteiger partial charge in [-0.25, -0.2) is 0 Å². The lowest BCUT2D eigenvalue weighted by molar-refractivity contribution is -0.127. The Balaban J connectivity index is 2.47. The van der Waals surface area contributed by atoms with Crippen LogP contribution in [0.5, 0.6) is 5.75 Å². The Morgan fingerprint density at radius 1 is 1.44 bits per heavy atom. The lowest BCUT2D eigenvalue weighted by atomic mass is 10.3. The monoisotopic (exact) mass is 241 g/mol. The van der Waals surface area contributed by atoms with Crippen LogP contribution in [0.4, 0.5) is 0 Å². The number of carbonyl (C=O) groups is 1. The minimum Gasteiger partial charge on any atom is -0.481 e.